The summed E-state index contributed by atoms with van der Waals surface area (Å²) in [5.74, 6) is -0.0555. The van der Waals surface area contributed by atoms with Crippen LogP contribution >= 0.6 is 0 Å². The molecular formula is C16H22FN3O. The summed E-state index contributed by atoms with van der Waals surface area (Å²) in [4.78, 5) is 0. The number of nitrogens with zero attached hydrogens (tertiary/aromatic N) is 2. The lowest BCUT2D eigenvalue weighted by Gasteiger charge is -2.07. The summed E-state index contributed by atoms with van der Waals surface area (Å²) in [7, 11) is 1.47. The molecule has 0 aliphatic carbocycles. The minimum absolute atomic E-state index is 0.265. The van der Waals surface area contributed by atoms with E-state index in [-0.39, 0.29) is 11.6 Å². The van der Waals surface area contributed by atoms with Gasteiger partial charge in [0.2, 0.25) is 0 Å². The zero-order chi connectivity index (χ0) is 15.2. The average molecular weight is 291 g/mol. The summed E-state index contributed by atoms with van der Waals surface area (Å²) in [6.45, 7) is 6.28. The molecule has 4 nitrogen and oxygen atoms in total. The third kappa shape index (κ3) is 3.82. The highest BCUT2D eigenvalue weighted by molar-refractivity contribution is 5.31. The standard InChI is InChI=1S/C16H22FN3O/c1-4-8-18-9-14-11-20(19-12(14)2)10-13-6-5-7-15(21-3)16(13)17/h5-7,11,18H,4,8-10H2,1-3H3. The molecule has 0 saturated heterocycles. The molecule has 0 aliphatic heterocycles. The Kier molecular flexibility index (Phi) is 5.33. The van der Waals surface area contributed by atoms with Crippen molar-refractivity contribution in [3.8, 4) is 5.75 Å². The van der Waals surface area contributed by atoms with Gasteiger partial charge in [-0.25, -0.2) is 4.39 Å². The maximum absolute atomic E-state index is 14.1. The van der Waals surface area contributed by atoms with E-state index < -0.39 is 0 Å². The summed E-state index contributed by atoms with van der Waals surface area (Å²) in [5, 5.41) is 7.80. The molecule has 1 heterocycles. The van der Waals surface area contributed by atoms with E-state index in [2.05, 4.69) is 17.3 Å². The van der Waals surface area contributed by atoms with E-state index in [1.165, 1.54) is 7.11 Å². The number of aryl methyl sites for hydroxylation is 1. The zero-order valence-electron chi connectivity index (χ0n) is 12.8. The Morgan fingerprint density at radius 2 is 2.14 bits per heavy atom. The van der Waals surface area contributed by atoms with Gasteiger partial charge in [-0.1, -0.05) is 19.1 Å². The first-order valence-corrected chi connectivity index (χ1v) is 7.20. The van der Waals surface area contributed by atoms with Crippen LogP contribution in [-0.4, -0.2) is 23.4 Å². The van der Waals surface area contributed by atoms with Gasteiger partial charge < -0.3 is 10.1 Å². The van der Waals surface area contributed by atoms with Crippen LogP contribution in [0.25, 0.3) is 0 Å². The largest absolute Gasteiger partial charge is 0.494 e. The molecule has 0 radical (unpaired) electrons. The maximum atomic E-state index is 14.1. The van der Waals surface area contributed by atoms with Crippen LogP contribution in [0.4, 0.5) is 4.39 Å². The lowest BCUT2D eigenvalue weighted by atomic mass is 10.2. The number of halogens is 1. The monoisotopic (exact) mass is 291 g/mol. The Labute approximate surface area is 124 Å². The van der Waals surface area contributed by atoms with Gasteiger partial charge in [-0.2, -0.15) is 5.10 Å². The van der Waals surface area contributed by atoms with Crippen LogP contribution in [0.2, 0.25) is 0 Å². The minimum atomic E-state index is -0.321. The highest BCUT2D eigenvalue weighted by Crippen LogP contribution is 2.20. The Bertz CT molecular complexity index is 595. The molecule has 0 aliphatic rings. The van der Waals surface area contributed by atoms with Crippen LogP contribution < -0.4 is 10.1 Å². The lowest BCUT2D eigenvalue weighted by molar-refractivity contribution is 0.383. The van der Waals surface area contributed by atoms with Gasteiger partial charge >= 0.3 is 0 Å². The lowest BCUT2D eigenvalue weighted by Crippen LogP contribution is -2.13. The van der Waals surface area contributed by atoms with Crippen molar-refractivity contribution >= 4 is 0 Å². The summed E-state index contributed by atoms with van der Waals surface area (Å²) in [5.41, 5.74) is 2.69. The van der Waals surface area contributed by atoms with E-state index in [0.29, 0.717) is 12.1 Å². The molecule has 0 fully saturated rings. The van der Waals surface area contributed by atoms with Crippen molar-refractivity contribution < 1.29 is 9.13 Å². The number of ether oxygens (including phenoxy) is 1. The first kappa shape index (κ1) is 15.5. The molecule has 5 heteroatoms. The second-order valence-corrected chi connectivity index (χ2v) is 5.05. The Morgan fingerprint density at radius 1 is 1.33 bits per heavy atom. The molecule has 2 rings (SSSR count). The smallest absolute Gasteiger partial charge is 0.170 e. The van der Waals surface area contributed by atoms with Crippen LogP contribution in [0.1, 0.15) is 30.2 Å². The van der Waals surface area contributed by atoms with Crippen molar-refractivity contribution in [2.45, 2.75) is 33.4 Å². The normalized spacial score (nSPS) is 10.9. The molecule has 114 valence electrons. The van der Waals surface area contributed by atoms with Gasteiger partial charge in [-0.3, -0.25) is 4.68 Å². The molecule has 21 heavy (non-hydrogen) atoms. The van der Waals surface area contributed by atoms with E-state index >= 15 is 0 Å². The number of benzene rings is 1. The molecule has 1 N–H and O–H groups in total. The van der Waals surface area contributed by atoms with E-state index in [1.54, 1.807) is 22.9 Å². The number of rotatable bonds is 7. The van der Waals surface area contributed by atoms with Crippen LogP contribution in [0.15, 0.2) is 24.4 Å². The molecule has 0 atom stereocenters. The number of nitrogens with one attached hydrogen (secondary N) is 1. The third-order valence-electron chi connectivity index (χ3n) is 3.39. The fourth-order valence-electron chi connectivity index (χ4n) is 2.22. The number of aromatic nitrogens is 2. The SMILES string of the molecule is CCCNCc1cn(Cc2cccc(OC)c2F)nc1C. The van der Waals surface area contributed by atoms with E-state index in [1.807, 2.05) is 13.1 Å². The van der Waals surface area contributed by atoms with Gasteiger partial charge in [0, 0.05) is 23.9 Å². The zero-order valence-corrected chi connectivity index (χ0v) is 12.8. The van der Waals surface area contributed by atoms with Gasteiger partial charge in [0.05, 0.1) is 19.3 Å². The summed E-state index contributed by atoms with van der Waals surface area (Å²) >= 11 is 0. The third-order valence-corrected chi connectivity index (χ3v) is 3.39. The molecule has 1 aromatic carbocycles. The number of hydrogen-bond acceptors (Lipinski definition) is 3. The van der Waals surface area contributed by atoms with E-state index in [0.717, 1.165) is 30.8 Å². The highest BCUT2D eigenvalue weighted by Gasteiger charge is 2.10. The van der Waals surface area contributed by atoms with Crippen molar-refractivity contribution in [1.29, 1.82) is 0 Å². The fourth-order valence-corrected chi connectivity index (χ4v) is 2.22. The van der Waals surface area contributed by atoms with Crippen molar-refractivity contribution in [1.82, 2.24) is 15.1 Å². The maximum Gasteiger partial charge on any atom is 0.170 e. The van der Waals surface area contributed by atoms with Gasteiger partial charge in [-0.05, 0) is 26.0 Å². The minimum Gasteiger partial charge on any atom is -0.494 e. The highest BCUT2D eigenvalue weighted by atomic mass is 19.1. The van der Waals surface area contributed by atoms with Crippen LogP contribution in [0, 0.1) is 12.7 Å². The van der Waals surface area contributed by atoms with Crippen molar-refractivity contribution in [3.63, 3.8) is 0 Å². The summed E-state index contributed by atoms with van der Waals surface area (Å²) in [6, 6.07) is 5.16. The Morgan fingerprint density at radius 3 is 2.86 bits per heavy atom. The van der Waals surface area contributed by atoms with Gasteiger partial charge in [-0.15, -0.1) is 0 Å². The first-order valence-electron chi connectivity index (χ1n) is 7.20. The molecule has 0 unspecified atom stereocenters. The molecule has 0 bridgehead atoms. The van der Waals surface area contributed by atoms with Crippen LogP contribution in [-0.2, 0) is 13.1 Å². The molecule has 1 aromatic heterocycles. The molecular weight excluding hydrogens is 269 g/mol. The molecule has 2 aromatic rings. The second kappa shape index (κ2) is 7.22. The summed E-state index contributed by atoms with van der Waals surface area (Å²) < 4.78 is 20.9. The first-order chi connectivity index (χ1) is 10.2. The number of methoxy groups -OCH3 is 1. The van der Waals surface area contributed by atoms with E-state index in [4.69, 9.17) is 4.74 Å². The van der Waals surface area contributed by atoms with Crippen LogP contribution in [0.5, 0.6) is 5.75 Å². The second-order valence-electron chi connectivity index (χ2n) is 5.05. The van der Waals surface area contributed by atoms with Gasteiger partial charge in [0.25, 0.3) is 0 Å². The van der Waals surface area contributed by atoms with Crippen molar-refractivity contribution in [3.05, 3.63) is 47.0 Å². The topological polar surface area (TPSA) is 39.1 Å². The number of hydrogen-bond donors (Lipinski definition) is 1. The van der Waals surface area contributed by atoms with Gasteiger partial charge in [0.1, 0.15) is 0 Å². The Hall–Kier alpha value is -1.88. The van der Waals surface area contributed by atoms with Crippen molar-refractivity contribution in [2.24, 2.45) is 0 Å². The Balaban J connectivity index is 2.11. The van der Waals surface area contributed by atoms with Crippen molar-refractivity contribution in [2.75, 3.05) is 13.7 Å². The average Bonchev–Trinajstić information content (AvgIpc) is 2.82. The van der Waals surface area contributed by atoms with E-state index in [9.17, 15) is 4.39 Å². The quantitative estimate of drug-likeness (QED) is 0.797. The van der Waals surface area contributed by atoms with Crippen LogP contribution in [0.3, 0.4) is 0 Å². The van der Waals surface area contributed by atoms with Gasteiger partial charge in [0.15, 0.2) is 11.6 Å². The predicted molar refractivity (Wildman–Crippen MR) is 81.0 cm³/mol. The summed E-state index contributed by atoms with van der Waals surface area (Å²) in [6.07, 6.45) is 3.07. The molecule has 0 amide bonds. The molecule has 0 saturated carbocycles. The predicted octanol–water partition coefficient (Wildman–Crippen LogP) is 2.89. The molecule has 0 spiro atoms. The fraction of sp³-hybridized carbons (Fsp3) is 0.438.